The van der Waals surface area contributed by atoms with E-state index in [2.05, 4.69) is 6.92 Å². The van der Waals surface area contributed by atoms with Crippen LogP contribution in [0, 0.1) is 29.4 Å². The molecule has 0 N–H and O–H groups in total. The van der Waals surface area contributed by atoms with Crippen LogP contribution in [0.3, 0.4) is 0 Å². The van der Waals surface area contributed by atoms with Crippen LogP contribution in [0.2, 0.25) is 0 Å². The predicted octanol–water partition coefficient (Wildman–Crippen LogP) is 6.85. The van der Waals surface area contributed by atoms with Crippen LogP contribution in [-0.2, 0) is 0 Å². The summed E-state index contributed by atoms with van der Waals surface area (Å²) in [5.41, 5.74) is 0.607. The van der Waals surface area contributed by atoms with E-state index >= 15 is 0 Å². The highest BCUT2D eigenvalue weighted by Crippen LogP contribution is 2.44. The molecule has 0 unspecified atom stereocenters. The summed E-state index contributed by atoms with van der Waals surface area (Å²) >= 11 is 0. The molecule has 0 aliphatic heterocycles. The second kappa shape index (κ2) is 7.77. The molecule has 128 valence electrons. The fraction of sp³-hybridized carbons (Fsp3) is 0.714. The van der Waals surface area contributed by atoms with Crippen LogP contribution in [0.4, 0.5) is 8.78 Å². The van der Waals surface area contributed by atoms with Gasteiger partial charge in [0.05, 0.1) is 0 Å². The molecule has 0 spiro atoms. The van der Waals surface area contributed by atoms with Crippen LogP contribution >= 0.6 is 0 Å². The molecule has 0 amide bonds. The first-order chi connectivity index (χ1) is 11.2. The van der Waals surface area contributed by atoms with Gasteiger partial charge in [0.15, 0.2) is 0 Å². The molecule has 0 atom stereocenters. The summed E-state index contributed by atoms with van der Waals surface area (Å²) < 4.78 is 27.4. The molecule has 2 aliphatic rings. The second-order valence-corrected chi connectivity index (χ2v) is 7.85. The van der Waals surface area contributed by atoms with Crippen molar-refractivity contribution in [3.8, 4) is 0 Å². The fourth-order valence-electron chi connectivity index (χ4n) is 5.09. The zero-order chi connectivity index (χ0) is 16.2. The Morgan fingerprint density at radius 2 is 1.48 bits per heavy atom. The third-order valence-electron chi connectivity index (χ3n) is 6.42. The number of hydrogen-bond acceptors (Lipinski definition) is 0. The van der Waals surface area contributed by atoms with Gasteiger partial charge in [-0.05, 0) is 86.0 Å². The molecule has 0 heterocycles. The van der Waals surface area contributed by atoms with E-state index in [4.69, 9.17) is 0 Å². The predicted molar refractivity (Wildman–Crippen MR) is 91.4 cm³/mol. The van der Waals surface area contributed by atoms with E-state index < -0.39 is 0 Å². The maximum absolute atomic E-state index is 14.0. The van der Waals surface area contributed by atoms with Crippen LogP contribution in [0.25, 0.3) is 0 Å². The monoisotopic (exact) mass is 320 g/mol. The Morgan fingerprint density at radius 1 is 0.870 bits per heavy atom. The van der Waals surface area contributed by atoms with Crippen LogP contribution in [0.5, 0.6) is 0 Å². The van der Waals surface area contributed by atoms with E-state index in [9.17, 15) is 8.78 Å². The van der Waals surface area contributed by atoms with Crippen LogP contribution in [0.1, 0.15) is 82.6 Å². The minimum Gasteiger partial charge on any atom is -0.207 e. The molecule has 23 heavy (non-hydrogen) atoms. The normalized spacial score (nSPS) is 32.0. The standard InChI is InChI=1S/C21H30F2/c1-2-3-15-4-6-16(7-5-15)17-8-10-18(11-9-17)20-14-19(22)12-13-21(20)23/h12-18H,2-11H2,1H3/t15-,16-,17?,18?. The Kier molecular flexibility index (Phi) is 5.71. The lowest BCUT2D eigenvalue weighted by Crippen LogP contribution is -2.25. The van der Waals surface area contributed by atoms with Crippen molar-refractivity contribution in [1.82, 2.24) is 0 Å². The van der Waals surface area contributed by atoms with Crippen molar-refractivity contribution in [1.29, 1.82) is 0 Å². The molecule has 0 aromatic heterocycles. The molecule has 0 saturated heterocycles. The average Bonchev–Trinajstić information content (AvgIpc) is 2.58. The Labute approximate surface area is 139 Å². The lowest BCUT2D eigenvalue weighted by Gasteiger charge is -2.38. The van der Waals surface area contributed by atoms with Gasteiger partial charge in [-0.25, -0.2) is 8.78 Å². The molecule has 1 aromatic rings. The maximum Gasteiger partial charge on any atom is 0.126 e. The number of benzene rings is 1. The molecular weight excluding hydrogens is 290 g/mol. The molecular formula is C21H30F2. The highest BCUT2D eigenvalue weighted by molar-refractivity contribution is 5.23. The van der Waals surface area contributed by atoms with Gasteiger partial charge in [0.2, 0.25) is 0 Å². The van der Waals surface area contributed by atoms with E-state index in [0.717, 1.165) is 30.6 Å². The molecule has 2 saturated carbocycles. The van der Waals surface area contributed by atoms with Crippen molar-refractivity contribution in [3.05, 3.63) is 35.4 Å². The van der Waals surface area contributed by atoms with Crippen molar-refractivity contribution in [2.75, 3.05) is 0 Å². The Balaban J connectivity index is 1.52. The topological polar surface area (TPSA) is 0 Å². The highest BCUT2D eigenvalue weighted by Gasteiger charge is 2.31. The Bertz CT molecular complexity index is 495. The van der Waals surface area contributed by atoms with E-state index in [-0.39, 0.29) is 17.6 Å². The summed E-state index contributed by atoms with van der Waals surface area (Å²) in [7, 11) is 0. The molecule has 2 fully saturated rings. The van der Waals surface area contributed by atoms with Gasteiger partial charge in [-0.2, -0.15) is 0 Å². The molecule has 0 radical (unpaired) electrons. The fourth-order valence-corrected chi connectivity index (χ4v) is 5.09. The van der Waals surface area contributed by atoms with E-state index in [1.165, 1.54) is 69.6 Å². The van der Waals surface area contributed by atoms with Gasteiger partial charge in [-0.3, -0.25) is 0 Å². The minimum atomic E-state index is -0.308. The van der Waals surface area contributed by atoms with Gasteiger partial charge in [0.1, 0.15) is 11.6 Å². The Hall–Kier alpha value is -0.920. The summed E-state index contributed by atoms with van der Waals surface area (Å²) in [5.74, 6) is 2.37. The summed E-state index contributed by atoms with van der Waals surface area (Å²) in [6.45, 7) is 2.29. The van der Waals surface area contributed by atoms with Crippen LogP contribution < -0.4 is 0 Å². The van der Waals surface area contributed by atoms with Gasteiger partial charge in [-0.15, -0.1) is 0 Å². The third kappa shape index (κ3) is 4.14. The average molecular weight is 320 g/mol. The zero-order valence-corrected chi connectivity index (χ0v) is 14.4. The molecule has 1 aromatic carbocycles. The summed E-state index contributed by atoms with van der Waals surface area (Å²) in [5, 5.41) is 0. The largest absolute Gasteiger partial charge is 0.207 e. The lowest BCUT2D eigenvalue weighted by molar-refractivity contribution is 0.156. The van der Waals surface area contributed by atoms with Gasteiger partial charge in [0.25, 0.3) is 0 Å². The summed E-state index contributed by atoms with van der Waals surface area (Å²) in [6, 6.07) is 3.92. The molecule has 3 rings (SSSR count). The van der Waals surface area contributed by atoms with Crippen molar-refractivity contribution < 1.29 is 8.78 Å². The summed E-state index contributed by atoms with van der Waals surface area (Å²) in [4.78, 5) is 0. The van der Waals surface area contributed by atoms with Crippen LogP contribution in [0.15, 0.2) is 18.2 Å². The van der Waals surface area contributed by atoms with Gasteiger partial charge in [0, 0.05) is 0 Å². The van der Waals surface area contributed by atoms with E-state index in [1.807, 2.05) is 0 Å². The quantitative estimate of drug-likeness (QED) is 0.569. The first kappa shape index (κ1) is 16.9. The van der Waals surface area contributed by atoms with Crippen molar-refractivity contribution in [2.45, 2.75) is 77.0 Å². The smallest absolute Gasteiger partial charge is 0.126 e. The van der Waals surface area contributed by atoms with Gasteiger partial charge < -0.3 is 0 Å². The Morgan fingerprint density at radius 3 is 2.09 bits per heavy atom. The van der Waals surface area contributed by atoms with Crippen LogP contribution in [-0.4, -0.2) is 0 Å². The molecule has 2 heteroatoms. The maximum atomic E-state index is 14.0. The second-order valence-electron chi connectivity index (χ2n) is 7.85. The SMILES string of the molecule is CCC[C@H]1CC[C@H](C2CCC(c3cc(F)ccc3F)CC2)CC1. The van der Waals surface area contributed by atoms with Gasteiger partial charge >= 0.3 is 0 Å². The molecule has 2 aliphatic carbocycles. The first-order valence-corrected chi connectivity index (χ1v) is 9.62. The number of hydrogen-bond donors (Lipinski definition) is 0. The zero-order valence-electron chi connectivity index (χ0n) is 14.4. The van der Waals surface area contributed by atoms with Crippen molar-refractivity contribution >= 4 is 0 Å². The van der Waals surface area contributed by atoms with Crippen molar-refractivity contribution in [2.24, 2.45) is 17.8 Å². The minimum absolute atomic E-state index is 0.221. The molecule has 0 nitrogen and oxygen atoms in total. The van der Waals surface area contributed by atoms with E-state index in [1.54, 1.807) is 0 Å². The third-order valence-corrected chi connectivity index (χ3v) is 6.42. The first-order valence-electron chi connectivity index (χ1n) is 9.62. The number of halogens is 2. The molecule has 0 bridgehead atoms. The summed E-state index contributed by atoms with van der Waals surface area (Å²) in [6.07, 6.45) is 12.8. The highest BCUT2D eigenvalue weighted by atomic mass is 19.1. The number of rotatable bonds is 4. The van der Waals surface area contributed by atoms with Crippen molar-refractivity contribution in [3.63, 3.8) is 0 Å². The lowest BCUT2D eigenvalue weighted by atomic mass is 9.68. The van der Waals surface area contributed by atoms with Gasteiger partial charge in [-0.1, -0.05) is 32.6 Å². The van der Waals surface area contributed by atoms with E-state index in [0.29, 0.717) is 5.56 Å².